The van der Waals surface area contributed by atoms with Crippen LogP contribution < -0.4 is 0 Å². The molecule has 172 valence electrons. The predicted octanol–water partition coefficient (Wildman–Crippen LogP) is 6.27. The average Bonchev–Trinajstić information content (AvgIpc) is 3.21. The Bertz CT molecular complexity index is 955. The van der Waals surface area contributed by atoms with Crippen LogP contribution in [-0.4, -0.2) is 32.9 Å². The van der Waals surface area contributed by atoms with Gasteiger partial charge in [-0.1, -0.05) is 38.5 Å². The van der Waals surface area contributed by atoms with Crippen molar-refractivity contribution in [2.45, 2.75) is 103 Å². The van der Waals surface area contributed by atoms with Gasteiger partial charge in [-0.15, -0.1) is 6.42 Å². The van der Waals surface area contributed by atoms with Gasteiger partial charge in [0.15, 0.2) is 0 Å². The van der Waals surface area contributed by atoms with Crippen molar-refractivity contribution in [1.29, 1.82) is 0 Å². The standard InChI is InChI=1S/C28H39N3O/c1-4-21-12-15-23(16-13-21)28-29-25-17-14-22(5-2)20-26(25)31(28)19-18-27(32)30(6-3)24-10-8-7-9-11-24/h2,14,17,20-21,23-24H,4,6-13,15-16,18-19H2,1,3H3/t21-,23-. The highest BCUT2D eigenvalue weighted by molar-refractivity contribution is 5.79. The van der Waals surface area contributed by atoms with Crippen molar-refractivity contribution in [2.24, 2.45) is 5.92 Å². The quantitative estimate of drug-likeness (QED) is 0.482. The van der Waals surface area contributed by atoms with Crippen LogP contribution in [0.1, 0.15) is 102 Å². The van der Waals surface area contributed by atoms with E-state index < -0.39 is 0 Å². The fourth-order valence-electron chi connectivity index (χ4n) is 5.99. The Hall–Kier alpha value is -2.28. The number of benzene rings is 1. The number of terminal acetylenes is 1. The number of hydrogen-bond acceptors (Lipinski definition) is 2. The molecule has 4 heteroatoms. The van der Waals surface area contributed by atoms with Crippen molar-refractivity contribution in [3.63, 3.8) is 0 Å². The minimum atomic E-state index is 0.287. The maximum atomic E-state index is 13.3. The predicted molar refractivity (Wildman–Crippen MR) is 132 cm³/mol. The SMILES string of the molecule is C#Cc1ccc2nc([C@H]3CC[C@H](CC)CC3)n(CCC(=O)N(CC)C3CCCCC3)c2c1. The Morgan fingerprint density at radius 1 is 1.12 bits per heavy atom. The summed E-state index contributed by atoms with van der Waals surface area (Å²) in [6.45, 7) is 5.92. The number of carbonyl (C=O) groups is 1. The largest absolute Gasteiger partial charge is 0.340 e. The van der Waals surface area contributed by atoms with E-state index in [0.29, 0.717) is 24.9 Å². The first-order chi connectivity index (χ1) is 15.6. The van der Waals surface area contributed by atoms with Gasteiger partial charge in [-0.25, -0.2) is 4.98 Å². The van der Waals surface area contributed by atoms with Crippen LogP contribution in [0.5, 0.6) is 0 Å². The van der Waals surface area contributed by atoms with E-state index in [-0.39, 0.29) is 5.91 Å². The Morgan fingerprint density at radius 2 is 1.88 bits per heavy atom. The third kappa shape index (κ3) is 4.87. The summed E-state index contributed by atoms with van der Waals surface area (Å²) in [5.74, 6) is 5.55. The van der Waals surface area contributed by atoms with Crippen molar-refractivity contribution >= 4 is 16.9 Å². The summed E-state index contributed by atoms with van der Waals surface area (Å²) in [5, 5.41) is 0. The molecule has 0 atom stereocenters. The number of aryl methyl sites for hydroxylation is 1. The zero-order valence-corrected chi connectivity index (χ0v) is 20.0. The lowest BCUT2D eigenvalue weighted by Gasteiger charge is -2.34. The molecule has 2 aromatic rings. The Morgan fingerprint density at radius 3 is 2.53 bits per heavy atom. The summed E-state index contributed by atoms with van der Waals surface area (Å²) < 4.78 is 2.32. The summed E-state index contributed by atoms with van der Waals surface area (Å²) in [5.41, 5.74) is 2.97. The molecule has 32 heavy (non-hydrogen) atoms. The lowest BCUT2D eigenvalue weighted by atomic mass is 9.80. The van der Waals surface area contributed by atoms with Gasteiger partial charge >= 0.3 is 0 Å². The molecule has 1 aromatic heterocycles. The normalized spacial score (nSPS) is 22.0. The van der Waals surface area contributed by atoms with Crippen LogP contribution in [0.4, 0.5) is 0 Å². The average molecular weight is 434 g/mol. The van der Waals surface area contributed by atoms with Gasteiger partial charge in [-0.3, -0.25) is 4.79 Å². The minimum Gasteiger partial charge on any atom is -0.340 e. The maximum absolute atomic E-state index is 13.3. The molecule has 4 rings (SSSR count). The first-order valence-corrected chi connectivity index (χ1v) is 12.9. The summed E-state index contributed by atoms with van der Waals surface area (Å²) in [4.78, 5) is 20.5. The molecule has 0 saturated heterocycles. The first kappa shape index (κ1) is 22.9. The second kappa shape index (κ2) is 10.6. The van der Waals surface area contributed by atoms with E-state index in [1.807, 2.05) is 12.1 Å². The van der Waals surface area contributed by atoms with Gasteiger partial charge in [-0.2, -0.15) is 0 Å². The molecule has 4 nitrogen and oxygen atoms in total. The van der Waals surface area contributed by atoms with Gasteiger partial charge < -0.3 is 9.47 Å². The van der Waals surface area contributed by atoms with E-state index in [1.54, 1.807) is 0 Å². The highest BCUT2D eigenvalue weighted by Crippen LogP contribution is 2.38. The molecule has 0 aliphatic heterocycles. The molecule has 0 unspecified atom stereocenters. The number of amides is 1. The summed E-state index contributed by atoms with van der Waals surface area (Å²) in [6.07, 6.45) is 18.6. The topological polar surface area (TPSA) is 38.1 Å². The van der Waals surface area contributed by atoms with Gasteiger partial charge in [-0.05, 0) is 69.6 Å². The summed E-state index contributed by atoms with van der Waals surface area (Å²) in [6, 6.07) is 6.53. The number of nitrogens with zero attached hydrogens (tertiary/aromatic N) is 3. The van der Waals surface area contributed by atoms with Gasteiger partial charge in [0, 0.05) is 37.0 Å². The van der Waals surface area contributed by atoms with E-state index >= 15 is 0 Å². The summed E-state index contributed by atoms with van der Waals surface area (Å²) >= 11 is 0. The van der Waals surface area contributed by atoms with E-state index in [1.165, 1.54) is 51.4 Å². The molecular formula is C28H39N3O. The lowest BCUT2D eigenvalue weighted by molar-refractivity contribution is -0.134. The molecule has 1 amide bonds. The minimum absolute atomic E-state index is 0.287. The van der Waals surface area contributed by atoms with Crippen LogP contribution in [0.25, 0.3) is 11.0 Å². The number of imidazole rings is 1. The van der Waals surface area contributed by atoms with Crippen LogP contribution in [-0.2, 0) is 11.3 Å². The molecule has 0 bridgehead atoms. The molecule has 2 aliphatic carbocycles. The van der Waals surface area contributed by atoms with Gasteiger partial charge in [0.1, 0.15) is 5.82 Å². The number of rotatable bonds is 7. The number of aromatic nitrogens is 2. The smallest absolute Gasteiger partial charge is 0.224 e. The first-order valence-electron chi connectivity index (χ1n) is 12.9. The Labute approximate surface area is 193 Å². The number of hydrogen-bond donors (Lipinski definition) is 0. The van der Waals surface area contributed by atoms with E-state index in [2.05, 4.69) is 35.3 Å². The molecule has 0 radical (unpaired) electrons. The van der Waals surface area contributed by atoms with Crippen molar-refractivity contribution in [3.8, 4) is 12.3 Å². The second-order valence-corrected chi connectivity index (χ2v) is 9.82. The van der Waals surface area contributed by atoms with Crippen molar-refractivity contribution < 1.29 is 4.79 Å². The third-order valence-electron chi connectivity index (χ3n) is 7.96. The van der Waals surface area contributed by atoms with Gasteiger partial charge in [0.05, 0.1) is 11.0 Å². The van der Waals surface area contributed by atoms with Crippen LogP contribution in [0.3, 0.4) is 0 Å². The second-order valence-electron chi connectivity index (χ2n) is 9.82. The van der Waals surface area contributed by atoms with Crippen LogP contribution in [0, 0.1) is 18.3 Å². The molecule has 0 spiro atoms. The molecule has 2 fully saturated rings. The highest BCUT2D eigenvalue weighted by Gasteiger charge is 2.28. The van der Waals surface area contributed by atoms with Crippen molar-refractivity contribution in [1.82, 2.24) is 14.5 Å². The zero-order chi connectivity index (χ0) is 22.5. The fourth-order valence-corrected chi connectivity index (χ4v) is 5.99. The number of fused-ring (bicyclic) bond motifs is 1. The fraction of sp³-hybridized carbons (Fsp3) is 0.643. The molecule has 1 heterocycles. The van der Waals surface area contributed by atoms with E-state index in [9.17, 15) is 4.79 Å². The van der Waals surface area contributed by atoms with Crippen molar-refractivity contribution in [3.05, 3.63) is 29.6 Å². The van der Waals surface area contributed by atoms with Crippen LogP contribution in [0.15, 0.2) is 18.2 Å². The van der Waals surface area contributed by atoms with Crippen molar-refractivity contribution in [2.75, 3.05) is 6.54 Å². The maximum Gasteiger partial charge on any atom is 0.224 e. The highest BCUT2D eigenvalue weighted by atomic mass is 16.2. The monoisotopic (exact) mass is 433 g/mol. The molecule has 0 N–H and O–H groups in total. The molecular weight excluding hydrogens is 394 g/mol. The van der Waals surface area contributed by atoms with Gasteiger partial charge in [0.25, 0.3) is 0 Å². The van der Waals surface area contributed by atoms with E-state index in [0.717, 1.165) is 47.7 Å². The van der Waals surface area contributed by atoms with E-state index in [4.69, 9.17) is 11.4 Å². The zero-order valence-electron chi connectivity index (χ0n) is 20.0. The Balaban J connectivity index is 1.57. The third-order valence-corrected chi connectivity index (χ3v) is 7.96. The number of carbonyl (C=O) groups excluding carboxylic acids is 1. The van der Waals surface area contributed by atoms with Gasteiger partial charge in [0.2, 0.25) is 5.91 Å². The molecule has 2 saturated carbocycles. The Kier molecular flexibility index (Phi) is 7.55. The lowest BCUT2D eigenvalue weighted by Crippen LogP contribution is -2.41. The van der Waals surface area contributed by atoms with Crippen LogP contribution in [0.2, 0.25) is 0 Å². The van der Waals surface area contributed by atoms with Crippen LogP contribution >= 0.6 is 0 Å². The molecule has 2 aliphatic rings. The summed E-state index contributed by atoms with van der Waals surface area (Å²) in [7, 11) is 0. The molecule has 1 aromatic carbocycles.